The van der Waals surface area contributed by atoms with Gasteiger partial charge in [0.05, 0.1) is 7.11 Å². The molecule has 21 heavy (non-hydrogen) atoms. The molecule has 2 N–H and O–H groups in total. The number of methoxy groups -OCH3 is 1. The molecule has 0 spiro atoms. The molecule has 118 valence electrons. The Morgan fingerprint density at radius 1 is 1.38 bits per heavy atom. The van der Waals surface area contributed by atoms with Crippen molar-refractivity contribution >= 4 is 5.97 Å². The summed E-state index contributed by atoms with van der Waals surface area (Å²) < 4.78 is 56.8. The summed E-state index contributed by atoms with van der Waals surface area (Å²) in [5, 5.41) is 18.0. The second kappa shape index (κ2) is 5.88. The first-order chi connectivity index (χ1) is 9.54. The number of ether oxygens (including phenoxy) is 1. The van der Waals surface area contributed by atoms with Crippen molar-refractivity contribution in [1.82, 2.24) is 0 Å². The number of carboxylic acids is 1. The van der Waals surface area contributed by atoms with Crippen LogP contribution in [0.2, 0.25) is 0 Å². The first kappa shape index (κ1) is 17.2. The Morgan fingerprint density at radius 3 is 2.38 bits per heavy atom. The highest BCUT2D eigenvalue weighted by molar-refractivity contribution is 5.78. The van der Waals surface area contributed by atoms with Gasteiger partial charge in [-0.2, -0.15) is 13.2 Å². The molecule has 0 saturated carbocycles. The zero-order chi connectivity index (χ0) is 16.4. The maximum Gasteiger partial charge on any atom is 0.428 e. The van der Waals surface area contributed by atoms with Crippen LogP contribution in [0.5, 0.6) is 5.75 Å². The van der Waals surface area contributed by atoms with Gasteiger partial charge >= 0.3 is 12.1 Å². The van der Waals surface area contributed by atoms with Crippen LogP contribution < -0.4 is 4.74 Å². The van der Waals surface area contributed by atoms with Crippen molar-refractivity contribution in [2.75, 3.05) is 7.11 Å². The van der Waals surface area contributed by atoms with Gasteiger partial charge in [0.25, 0.3) is 5.60 Å². The van der Waals surface area contributed by atoms with E-state index in [4.69, 9.17) is 9.84 Å². The summed E-state index contributed by atoms with van der Waals surface area (Å²) in [5.74, 6) is -4.68. The first-order valence-corrected chi connectivity index (χ1v) is 5.89. The Hall–Kier alpha value is -1.83. The van der Waals surface area contributed by atoms with Crippen molar-refractivity contribution in [2.24, 2.45) is 0 Å². The standard InChI is InChI=1S/C13H14F4O4/c1-7(6-12(20,11(18)19)13(15,16)17)8-4-3-5-9(21-2)10(8)14/h3-5,7,20H,6H2,1-2H3,(H,18,19). The summed E-state index contributed by atoms with van der Waals surface area (Å²) >= 11 is 0. The van der Waals surface area contributed by atoms with Crippen LogP contribution in [0.4, 0.5) is 17.6 Å². The predicted molar refractivity (Wildman–Crippen MR) is 64.6 cm³/mol. The molecule has 0 heterocycles. The number of alkyl halides is 3. The van der Waals surface area contributed by atoms with E-state index in [1.807, 2.05) is 0 Å². The number of halogens is 4. The smallest absolute Gasteiger partial charge is 0.428 e. The van der Waals surface area contributed by atoms with Gasteiger partial charge < -0.3 is 14.9 Å². The highest BCUT2D eigenvalue weighted by Crippen LogP contribution is 2.39. The van der Waals surface area contributed by atoms with Gasteiger partial charge in [0, 0.05) is 6.42 Å². The molecule has 1 rings (SSSR count). The normalized spacial score (nSPS) is 16.1. The van der Waals surface area contributed by atoms with E-state index in [2.05, 4.69) is 0 Å². The molecule has 0 amide bonds. The van der Waals surface area contributed by atoms with Crippen LogP contribution in [0.1, 0.15) is 24.8 Å². The number of aliphatic carboxylic acids is 1. The van der Waals surface area contributed by atoms with E-state index in [1.165, 1.54) is 32.2 Å². The summed E-state index contributed by atoms with van der Waals surface area (Å²) in [6.07, 6.45) is -6.58. The number of hydrogen-bond acceptors (Lipinski definition) is 3. The number of rotatable bonds is 5. The summed E-state index contributed by atoms with van der Waals surface area (Å²) in [7, 11) is 1.19. The van der Waals surface area contributed by atoms with Crippen LogP contribution in [0.15, 0.2) is 18.2 Å². The van der Waals surface area contributed by atoms with Gasteiger partial charge in [0.1, 0.15) is 0 Å². The lowest BCUT2D eigenvalue weighted by atomic mass is 9.86. The van der Waals surface area contributed by atoms with Gasteiger partial charge in [0.2, 0.25) is 0 Å². The molecule has 0 radical (unpaired) electrons. The van der Waals surface area contributed by atoms with Crippen LogP contribution in [0, 0.1) is 5.82 Å². The average Bonchev–Trinajstić information content (AvgIpc) is 2.37. The summed E-state index contributed by atoms with van der Waals surface area (Å²) in [5.41, 5.74) is -4.11. The van der Waals surface area contributed by atoms with Gasteiger partial charge in [-0.15, -0.1) is 0 Å². The number of benzene rings is 1. The van der Waals surface area contributed by atoms with Crippen LogP contribution in [-0.2, 0) is 4.79 Å². The van der Waals surface area contributed by atoms with Gasteiger partial charge in [0.15, 0.2) is 11.6 Å². The highest BCUT2D eigenvalue weighted by atomic mass is 19.4. The van der Waals surface area contributed by atoms with E-state index in [-0.39, 0.29) is 11.3 Å². The summed E-state index contributed by atoms with van der Waals surface area (Å²) in [6.45, 7) is 1.19. The molecule has 8 heteroatoms. The lowest BCUT2D eigenvalue weighted by Gasteiger charge is -2.29. The van der Waals surface area contributed by atoms with E-state index < -0.39 is 35.9 Å². The van der Waals surface area contributed by atoms with Gasteiger partial charge in [-0.25, -0.2) is 9.18 Å². The lowest BCUT2D eigenvalue weighted by Crippen LogP contribution is -2.52. The van der Waals surface area contributed by atoms with E-state index in [9.17, 15) is 27.5 Å². The van der Waals surface area contributed by atoms with E-state index in [1.54, 1.807) is 0 Å². The van der Waals surface area contributed by atoms with Crippen molar-refractivity contribution < 1.29 is 37.3 Å². The molecule has 0 aliphatic rings. The molecule has 0 saturated heterocycles. The van der Waals surface area contributed by atoms with Crippen LogP contribution >= 0.6 is 0 Å². The third-order valence-electron chi connectivity index (χ3n) is 3.17. The Bertz CT molecular complexity index is 529. The van der Waals surface area contributed by atoms with Crippen molar-refractivity contribution in [3.8, 4) is 5.75 Å². The summed E-state index contributed by atoms with van der Waals surface area (Å²) in [4.78, 5) is 10.8. The SMILES string of the molecule is COc1cccc(C(C)CC(O)(C(=O)O)C(F)(F)F)c1F. The van der Waals surface area contributed by atoms with E-state index in [0.29, 0.717) is 0 Å². The third-order valence-corrected chi connectivity index (χ3v) is 3.17. The Morgan fingerprint density at radius 2 is 1.95 bits per heavy atom. The molecule has 0 bridgehead atoms. The zero-order valence-electron chi connectivity index (χ0n) is 11.2. The molecule has 1 aromatic rings. The highest BCUT2D eigenvalue weighted by Gasteiger charge is 2.60. The van der Waals surface area contributed by atoms with E-state index in [0.717, 1.165) is 0 Å². The number of carboxylic acid groups (broad SMARTS) is 1. The van der Waals surface area contributed by atoms with Crippen LogP contribution in [0.3, 0.4) is 0 Å². The molecule has 0 aromatic heterocycles. The second-order valence-electron chi connectivity index (χ2n) is 4.63. The third kappa shape index (κ3) is 3.26. The van der Waals surface area contributed by atoms with E-state index >= 15 is 0 Å². The average molecular weight is 310 g/mol. The maximum absolute atomic E-state index is 14.0. The Labute approximate surface area is 118 Å². The molecule has 0 aliphatic heterocycles. The van der Waals surface area contributed by atoms with Crippen molar-refractivity contribution in [3.05, 3.63) is 29.6 Å². The van der Waals surface area contributed by atoms with Crippen LogP contribution in [-0.4, -0.2) is 35.1 Å². The predicted octanol–water partition coefficient (Wildman–Crippen LogP) is 2.71. The van der Waals surface area contributed by atoms with Crippen molar-refractivity contribution in [3.63, 3.8) is 0 Å². The molecule has 4 nitrogen and oxygen atoms in total. The lowest BCUT2D eigenvalue weighted by molar-refractivity contribution is -0.263. The zero-order valence-corrected chi connectivity index (χ0v) is 11.2. The van der Waals surface area contributed by atoms with Crippen molar-refractivity contribution in [2.45, 2.75) is 31.0 Å². The van der Waals surface area contributed by atoms with Crippen LogP contribution in [0.25, 0.3) is 0 Å². The minimum Gasteiger partial charge on any atom is -0.494 e. The fraction of sp³-hybridized carbons (Fsp3) is 0.462. The second-order valence-corrected chi connectivity index (χ2v) is 4.63. The number of hydrogen-bond donors (Lipinski definition) is 2. The molecular weight excluding hydrogens is 296 g/mol. The largest absolute Gasteiger partial charge is 0.494 e. The minimum atomic E-state index is -5.37. The monoisotopic (exact) mass is 310 g/mol. The molecule has 0 aliphatic carbocycles. The quantitative estimate of drug-likeness (QED) is 0.821. The molecule has 2 atom stereocenters. The summed E-state index contributed by atoms with van der Waals surface area (Å²) in [6, 6.07) is 3.85. The van der Waals surface area contributed by atoms with Gasteiger partial charge in [-0.3, -0.25) is 0 Å². The Kier molecular flexibility index (Phi) is 4.83. The molecule has 1 aromatic carbocycles. The fourth-order valence-electron chi connectivity index (χ4n) is 1.94. The minimum absolute atomic E-state index is 0.168. The topological polar surface area (TPSA) is 66.8 Å². The molecule has 0 fully saturated rings. The maximum atomic E-state index is 14.0. The molecule has 2 unspecified atom stereocenters. The first-order valence-electron chi connectivity index (χ1n) is 5.89. The number of aliphatic hydroxyl groups is 1. The van der Waals surface area contributed by atoms with Crippen molar-refractivity contribution in [1.29, 1.82) is 0 Å². The fourth-order valence-corrected chi connectivity index (χ4v) is 1.94. The van der Waals surface area contributed by atoms with Gasteiger partial charge in [-0.1, -0.05) is 19.1 Å². The Balaban J connectivity index is 3.15. The van der Waals surface area contributed by atoms with Gasteiger partial charge in [-0.05, 0) is 17.5 Å². The molecular formula is C13H14F4O4. The number of carbonyl (C=O) groups is 1.